The summed E-state index contributed by atoms with van der Waals surface area (Å²) in [5.74, 6) is 0. The summed E-state index contributed by atoms with van der Waals surface area (Å²) in [4.78, 5) is 6.69. The van der Waals surface area contributed by atoms with Crippen LogP contribution in [0.4, 0.5) is 0 Å². The summed E-state index contributed by atoms with van der Waals surface area (Å²) in [6, 6.07) is 4.77. The van der Waals surface area contributed by atoms with E-state index in [4.69, 9.17) is 0 Å². The Hall–Kier alpha value is -0.930. The van der Waals surface area contributed by atoms with E-state index >= 15 is 0 Å². The van der Waals surface area contributed by atoms with E-state index in [1.807, 2.05) is 12.4 Å². The van der Waals surface area contributed by atoms with Gasteiger partial charge >= 0.3 is 0 Å². The highest BCUT2D eigenvalue weighted by molar-refractivity contribution is 5.11. The molecule has 1 aromatic rings. The molecule has 1 aliphatic heterocycles. The number of hydrogen-bond acceptors (Lipinski definition) is 3. The maximum atomic E-state index is 4.10. The second-order valence-corrected chi connectivity index (χ2v) is 7.35. The third-order valence-electron chi connectivity index (χ3n) is 4.21. The maximum Gasteiger partial charge on any atom is 0.0281 e. The molecule has 0 bridgehead atoms. The second-order valence-electron chi connectivity index (χ2n) is 7.35. The molecule has 1 fully saturated rings. The van der Waals surface area contributed by atoms with E-state index in [2.05, 4.69) is 62.0 Å². The summed E-state index contributed by atoms with van der Waals surface area (Å²) < 4.78 is 0. The van der Waals surface area contributed by atoms with Crippen LogP contribution >= 0.6 is 0 Å². The minimum atomic E-state index is 0.199. The summed E-state index contributed by atoms with van der Waals surface area (Å²) in [7, 11) is 0. The zero-order valence-corrected chi connectivity index (χ0v) is 12.9. The van der Waals surface area contributed by atoms with Crippen LogP contribution in [0.5, 0.6) is 0 Å². The lowest BCUT2D eigenvalue weighted by atomic mass is 9.82. The average Bonchev–Trinajstić information content (AvgIpc) is 2.31. The normalized spacial score (nSPS) is 24.4. The lowest BCUT2D eigenvalue weighted by Crippen LogP contribution is -2.64. The Bertz CT molecular complexity index is 406. The number of aromatic nitrogens is 1. The summed E-state index contributed by atoms with van der Waals surface area (Å²) in [6.45, 7) is 14.7. The first-order valence-electron chi connectivity index (χ1n) is 7.16. The Balaban J connectivity index is 2.11. The smallest absolute Gasteiger partial charge is 0.0281 e. The minimum absolute atomic E-state index is 0.199. The highest BCUT2D eigenvalue weighted by Crippen LogP contribution is 2.28. The van der Waals surface area contributed by atoms with E-state index in [9.17, 15) is 0 Å². The summed E-state index contributed by atoms with van der Waals surface area (Å²) in [6.07, 6.45) is 3.76. The van der Waals surface area contributed by atoms with Crippen molar-refractivity contribution >= 4 is 0 Å². The molecule has 2 heterocycles. The SMILES string of the molecule is CC(C)(C)C1CN(Cc2ccncc2)C(C)(C)CN1. The predicted octanol–water partition coefficient (Wildman–Crippen LogP) is 2.68. The number of hydrogen-bond donors (Lipinski definition) is 1. The van der Waals surface area contributed by atoms with Crippen LogP contribution in [-0.2, 0) is 6.54 Å². The van der Waals surface area contributed by atoms with Gasteiger partial charge in [0, 0.05) is 43.6 Å². The fraction of sp³-hybridized carbons (Fsp3) is 0.688. The van der Waals surface area contributed by atoms with Crippen LogP contribution in [0.15, 0.2) is 24.5 Å². The molecule has 0 aromatic carbocycles. The summed E-state index contributed by atoms with van der Waals surface area (Å²) in [5, 5.41) is 3.71. The number of nitrogens with zero attached hydrogens (tertiary/aromatic N) is 2. The first-order chi connectivity index (χ1) is 8.79. The topological polar surface area (TPSA) is 28.2 Å². The zero-order valence-electron chi connectivity index (χ0n) is 12.9. The van der Waals surface area contributed by atoms with Crippen molar-refractivity contribution in [1.29, 1.82) is 0 Å². The molecule has 19 heavy (non-hydrogen) atoms. The maximum absolute atomic E-state index is 4.10. The molecule has 1 N–H and O–H groups in total. The van der Waals surface area contributed by atoms with Crippen LogP contribution in [0.2, 0.25) is 0 Å². The Kier molecular flexibility index (Phi) is 3.98. The van der Waals surface area contributed by atoms with E-state index in [-0.39, 0.29) is 5.54 Å². The van der Waals surface area contributed by atoms with Gasteiger partial charge in [0.2, 0.25) is 0 Å². The van der Waals surface area contributed by atoms with Gasteiger partial charge in [0.25, 0.3) is 0 Å². The summed E-state index contributed by atoms with van der Waals surface area (Å²) >= 11 is 0. The highest BCUT2D eigenvalue weighted by atomic mass is 15.3. The van der Waals surface area contributed by atoms with Crippen molar-refractivity contribution in [2.75, 3.05) is 13.1 Å². The Labute approximate surface area is 117 Å². The lowest BCUT2D eigenvalue weighted by Gasteiger charge is -2.49. The molecule has 0 amide bonds. The van der Waals surface area contributed by atoms with Crippen LogP contribution < -0.4 is 5.32 Å². The zero-order chi connectivity index (χ0) is 14.1. The van der Waals surface area contributed by atoms with Gasteiger partial charge in [-0.25, -0.2) is 0 Å². The molecule has 3 heteroatoms. The molecular weight excluding hydrogens is 234 g/mol. The van der Waals surface area contributed by atoms with Gasteiger partial charge in [0.1, 0.15) is 0 Å². The predicted molar refractivity (Wildman–Crippen MR) is 80.0 cm³/mol. The standard InChI is InChI=1S/C16H27N3/c1-15(2,3)14-11-19(16(4,5)12-18-14)10-13-6-8-17-9-7-13/h6-9,14,18H,10-12H2,1-5H3. The van der Waals surface area contributed by atoms with Gasteiger partial charge in [-0.15, -0.1) is 0 Å². The number of rotatable bonds is 2. The summed E-state index contributed by atoms with van der Waals surface area (Å²) in [5.41, 5.74) is 1.84. The van der Waals surface area contributed by atoms with Gasteiger partial charge in [-0.1, -0.05) is 20.8 Å². The third-order valence-corrected chi connectivity index (χ3v) is 4.21. The van der Waals surface area contributed by atoms with Crippen LogP contribution in [0.25, 0.3) is 0 Å². The van der Waals surface area contributed by atoms with Crippen LogP contribution in [0.1, 0.15) is 40.2 Å². The molecule has 1 aromatic heterocycles. The largest absolute Gasteiger partial charge is 0.310 e. The third kappa shape index (κ3) is 3.54. The molecule has 106 valence electrons. The Morgan fingerprint density at radius 1 is 1.32 bits per heavy atom. The van der Waals surface area contributed by atoms with E-state index in [0.29, 0.717) is 11.5 Å². The highest BCUT2D eigenvalue weighted by Gasteiger charge is 2.37. The first-order valence-corrected chi connectivity index (χ1v) is 7.16. The van der Waals surface area contributed by atoms with E-state index < -0.39 is 0 Å². The van der Waals surface area contributed by atoms with Crippen molar-refractivity contribution < 1.29 is 0 Å². The monoisotopic (exact) mass is 261 g/mol. The van der Waals surface area contributed by atoms with Gasteiger partial charge in [0.05, 0.1) is 0 Å². The fourth-order valence-corrected chi connectivity index (χ4v) is 2.58. The second kappa shape index (κ2) is 5.22. The van der Waals surface area contributed by atoms with Gasteiger partial charge in [-0.05, 0) is 37.0 Å². The Morgan fingerprint density at radius 3 is 2.53 bits per heavy atom. The first kappa shape index (κ1) is 14.5. The van der Waals surface area contributed by atoms with Crippen molar-refractivity contribution in [1.82, 2.24) is 15.2 Å². The molecular formula is C16H27N3. The fourth-order valence-electron chi connectivity index (χ4n) is 2.58. The molecule has 1 unspecified atom stereocenters. The van der Waals surface area contributed by atoms with Gasteiger partial charge < -0.3 is 5.32 Å². The minimum Gasteiger partial charge on any atom is -0.310 e. The molecule has 2 rings (SSSR count). The number of piperazine rings is 1. The van der Waals surface area contributed by atoms with Crippen molar-refractivity contribution in [3.8, 4) is 0 Å². The van der Waals surface area contributed by atoms with Gasteiger partial charge in [0.15, 0.2) is 0 Å². The molecule has 0 aliphatic carbocycles. The quantitative estimate of drug-likeness (QED) is 0.887. The van der Waals surface area contributed by atoms with Crippen molar-refractivity contribution in [3.05, 3.63) is 30.1 Å². The number of nitrogens with one attached hydrogen (secondary N) is 1. The Morgan fingerprint density at radius 2 is 1.95 bits per heavy atom. The molecule has 1 saturated heterocycles. The molecule has 1 atom stereocenters. The van der Waals surface area contributed by atoms with E-state index in [1.54, 1.807) is 0 Å². The van der Waals surface area contributed by atoms with Crippen molar-refractivity contribution in [2.45, 2.75) is 52.7 Å². The van der Waals surface area contributed by atoms with Gasteiger partial charge in [-0.3, -0.25) is 9.88 Å². The van der Waals surface area contributed by atoms with Crippen molar-refractivity contribution in [2.24, 2.45) is 5.41 Å². The van der Waals surface area contributed by atoms with E-state index in [1.165, 1.54) is 5.56 Å². The molecule has 0 spiro atoms. The molecule has 3 nitrogen and oxygen atoms in total. The molecule has 0 saturated carbocycles. The van der Waals surface area contributed by atoms with Crippen molar-refractivity contribution in [3.63, 3.8) is 0 Å². The molecule has 1 aliphatic rings. The van der Waals surface area contributed by atoms with Crippen LogP contribution in [0.3, 0.4) is 0 Å². The molecule has 0 radical (unpaired) electrons. The van der Waals surface area contributed by atoms with Gasteiger partial charge in [-0.2, -0.15) is 0 Å². The van der Waals surface area contributed by atoms with E-state index in [0.717, 1.165) is 19.6 Å². The van der Waals surface area contributed by atoms with Crippen LogP contribution in [-0.4, -0.2) is 34.6 Å². The number of pyridine rings is 1. The average molecular weight is 261 g/mol. The lowest BCUT2D eigenvalue weighted by molar-refractivity contribution is 0.0295. The van der Waals surface area contributed by atoms with Crippen LogP contribution in [0, 0.1) is 5.41 Å².